The third-order valence-corrected chi connectivity index (χ3v) is 4.08. The summed E-state index contributed by atoms with van der Waals surface area (Å²) in [5.41, 5.74) is 16.7. The molecular formula is C22H37N7O3. The molecule has 8 N–H and O–H groups in total. The van der Waals surface area contributed by atoms with E-state index < -0.39 is 23.8 Å². The number of benzene rings is 1. The van der Waals surface area contributed by atoms with Gasteiger partial charge in [-0.1, -0.05) is 44.2 Å². The average molecular weight is 448 g/mol. The summed E-state index contributed by atoms with van der Waals surface area (Å²) >= 11 is 0. The maximum absolute atomic E-state index is 12.4. The number of aromatic nitrogens is 2. The highest BCUT2D eigenvalue weighted by Gasteiger charge is 2.22. The lowest BCUT2D eigenvalue weighted by Crippen LogP contribution is -2.48. The Morgan fingerprint density at radius 3 is 2.16 bits per heavy atom. The fraction of sp³-hybridized carbons (Fsp3) is 0.455. The number of likely N-dealkylation sites (N-methyl/N-ethyl adjacent to an activating group) is 1. The molecule has 10 heteroatoms. The fourth-order valence-corrected chi connectivity index (χ4v) is 2.88. The van der Waals surface area contributed by atoms with E-state index in [9.17, 15) is 14.4 Å². The summed E-state index contributed by atoms with van der Waals surface area (Å²) in [5, 5.41) is 9.53. The molecule has 0 saturated carbocycles. The molecule has 0 aliphatic heterocycles. The van der Waals surface area contributed by atoms with Crippen molar-refractivity contribution < 1.29 is 14.4 Å². The molecule has 0 bridgehead atoms. The Morgan fingerprint density at radius 2 is 1.66 bits per heavy atom. The zero-order chi connectivity index (χ0) is 24.7. The molecule has 0 fully saturated rings. The average Bonchev–Trinajstić information content (AvgIpc) is 3.16. The van der Waals surface area contributed by atoms with E-state index in [1.165, 1.54) is 21.1 Å². The standard InChI is InChI=1S/C20H27N5O3.2CH5N/c1-13(2)12-25-17(14-7-5-4-6-8-14)9-15(24-25)10-19(27)23-16(11-18(21)26)20(28)22-3;2*1-2/h4-9,13,16H,10-12H2,1-3H3,(H2,21,26)(H,22,28)(H,23,27);2*2H2,1H3/t16-;;/m0../s1. The first-order valence-corrected chi connectivity index (χ1v) is 10.4. The number of rotatable bonds is 9. The monoisotopic (exact) mass is 447 g/mol. The van der Waals surface area contributed by atoms with Crippen molar-refractivity contribution in [3.8, 4) is 11.3 Å². The lowest BCUT2D eigenvalue weighted by molar-refractivity contribution is -0.130. The molecule has 0 aliphatic rings. The Labute approximate surface area is 189 Å². The number of nitrogens with zero attached hydrogens (tertiary/aromatic N) is 2. The van der Waals surface area contributed by atoms with Crippen molar-refractivity contribution >= 4 is 17.7 Å². The van der Waals surface area contributed by atoms with Crippen LogP contribution in [0.5, 0.6) is 0 Å². The Balaban J connectivity index is 0.00000227. The minimum absolute atomic E-state index is 0.00279. The van der Waals surface area contributed by atoms with Crippen LogP contribution in [-0.4, -0.2) is 54.7 Å². The van der Waals surface area contributed by atoms with E-state index in [1.54, 1.807) is 0 Å². The molecular weight excluding hydrogens is 410 g/mol. The minimum Gasteiger partial charge on any atom is -0.370 e. The molecule has 0 radical (unpaired) electrons. The molecule has 1 aromatic carbocycles. The maximum Gasteiger partial charge on any atom is 0.242 e. The molecule has 32 heavy (non-hydrogen) atoms. The van der Waals surface area contributed by atoms with E-state index in [4.69, 9.17) is 5.73 Å². The van der Waals surface area contributed by atoms with E-state index in [0.29, 0.717) is 18.2 Å². The Hall–Kier alpha value is -3.24. The van der Waals surface area contributed by atoms with Crippen LogP contribution in [0.25, 0.3) is 11.3 Å². The first-order valence-electron chi connectivity index (χ1n) is 10.4. The van der Waals surface area contributed by atoms with Crippen LogP contribution in [0.15, 0.2) is 36.4 Å². The van der Waals surface area contributed by atoms with Gasteiger partial charge in [0.2, 0.25) is 17.7 Å². The highest BCUT2D eigenvalue weighted by atomic mass is 16.2. The lowest BCUT2D eigenvalue weighted by Gasteiger charge is -2.15. The van der Waals surface area contributed by atoms with E-state index in [-0.39, 0.29) is 12.8 Å². The quantitative estimate of drug-likeness (QED) is 0.362. The summed E-state index contributed by atoms with van der Waals surface area (Å²) in [4.78, 5) is 35.4. The van der Waals surface area contributed by atoms with Crippen LogP contribution in [0.3, 0.4) is 0 Å². The highest BCUT2D eigenvalue weighted by Crippen LogP contribution is 2.21. The number of carbonyl (C=O) groups is 3. The van der Waals surface area contributed by atoms with E-state index in [0.717, 1.165) is 11.3 Å². The minimum atomic E-state index is -0.999. The second-order valence-corrected chi connectivity index (χ2v) is 7.04. The number of hydrogen-bond donors (Lipinski definition) is 5. The topological polar surface area (TPSA) is 171 Å². The van der Waals surface area contributed by atoms with Gasteiger partial charge in [0.25, 0.3) is 0 Å². The van der Waals surface area contributed by atoms with Gasteiger partial charge in [-0.3, -0.25) is 19.1 Å². The summed E-state index contributed by atoms with van der Waals surface area (Å²) in [6, 6.07) is 10.7. The van der Waals surface area contributed by atoms with Crippen LogP contribution >= 0.6 is 0 Å². The van der Waals surface area contributed by atoms with E-state index >= 15 is 0 Å². The van der Waals surface area contributed by atoms with Gasteiger partial charge in [0.15, 0.2) is 0 Å². The van der Waals surface area contributed by atoms with Gasteiger partial charge in [0.1, 0.15) is 6.04 Å². The number of hydrogen-bond acceptors (Lipinski definition) is 6. The maximum atomic E-state index is 12.4. The van der Waals surface area contributed by atoms with Gasteiger partial charge < -0.3 is 27.8 Å². The smallest absolute Gasteiger partial charge is 0.242 e. The second-order valence-electron chi connectivity index (χ2n) is 7.04. The Morgan fingerprint density at radius 1 is 1.06 bits per heavy atom. The van der Waals surface area contributed by atoms with Gasteiger partial charge in [0.05, 0.1) is 24.2 Å². The first-order chi connectivity index (χ1) is 15.3. The Bertz CT molecular complexity index is 835. The number of nitrogens with one attached hydrogen (secondary N) is 2. The van der Waals surface area contributed by atoms with Crippen LogP contribution in [0, 0.1) is 5.92 Å². The normalized spacial score (nSPS) is 10.8. The van der Waals surface area contributed by atoms with Crippen LogP contribution in [-0.2, 0) is 27.3 Å². The van der Waals surface area contributed by atoms with Gasteiger partial charge >= 0.3 is 0 Å². The summed E-state index contributed by atoms with van der Waals surface area (Å²) < 4.78 is 1.89. The van der Waals surface area contributed by atoms with Crippen molar-refractivity contribution in [2.75, 3.05) is 21.1 Å². The van der Waals surface area contributed by atoms with E-state index in [2.05, 4.69) is 41.0 Å². The van der Waals surface area contributed by atoms with Crippen LogP contribution < -0.4 is 27.8 Å². The van der Waals surface area contributed by atoms with Gasteiger partial charge in [0, 0.05) is 13.6 Å². The molecule has 1 atom stereocenters. The summed E-state index contributed by atoms with van der Waals surface area (Å²) in [5.74, 6) is -1.15. The molecule has 0 saturated heterocycles. The lowest BCUT2D eigenvalue weighted by atomic mass is 10.1. The SMILES string of the molecule is CN.CN.CNC(=O)[C@H](CC(N)=O)NC(=O)Cc1cc(-c2ccccc2)n(CC(C)C)n1. The van der Waals surface area contributed by atoms with Crippen molar-refractivity contribution in [2.24, 2.45) is 23.1 Å². The molecule has 1 heterocycles. The third kappa shape index (κ3) is 9.71. The molecule has 0 aliphatic carbocycles. The molecule has 1 aromatic heterocycles. The van der Waals surface area contributed by atoms with Gasteiger partial charge in [-0.2, -0.15) is 5.10 Å². The molecule has 2 rings (SSSR count). The number of carbonyl (C=O) groups excluding carboxylic acids is 3. The number of amides is 3. The van der Waals surface area contributed by atoms with Crippen molar-refractivity contribution in [2.45, 2.75) is 39.3 Å². The largest absolute Gasteiger partial charge is 0.370 e. The summed E-state index contributed by atoms with van der Waals surface area (Å²) in [6.45, 7) is 4.91. The molecule has 10 nitrogen and oxygen atoms in total. The number of nitrogens with two attached hydrogens (primary N) is 3. The van der Waals surface area contributed by atoms with Crippen LogP contribution in [0.1, 0.15) is 26.0 Å². The highest BCUT2D eigenvalue weighted by molar-refractivity contribution is 5.91. The Kier molecular flexibility index (Phi) is 14.0. The van der Waals surface area contributed by atoms with Gasteiger partial charge in [-0.25, -0.2) is 0 Å². The molecule has 178 valence electrons. The fourth-order valence-electron chi connectivity index (χ4n) is 2.88. The first kappa shape index (κ1) is 28.8. The van der Waals surface area contributed by atoms with Crippen molar-refractivity contribution in [1.29, 1.82) is 0 Å². The van der Waals surface area contributed by atoms with Gasteiger partial charge in [-0.15, -0.1) is 0 Å². The van der Waals surface area contributed by atoms with Crippen LogP contribution in [0.4, 0.5) is 0 Å². The predicted molar refractivity (Wildman–Crippen MR) is 126 cm³/mol. The predicted octanol–water partition coefficient (Wildman–Crippen LogP) is 0.00460. The molecule has 0 unspecified atom stereocenters. The van der Waals surface area contributed by atoms with Crippen molar-refractivity contribution in [1.82, 2.24) is 20.4 Å². The molecule has 0 spiro atoms. The third-order valence-electron chi connectivity index (χ3n) is 4.08. The summed E-state index contributed by atoms with van der Waals surface area (Å²) in [6.07, 6.45) is -0.264. The molecule has 2 aromatic rings. The number of primary amides is 1. The second kappa shape index (κ2) is 15.5. The molecule has 3 amide bonds. The summed E-state index contributed by atoms with van der Waals surface area (Å²) in [7, 11) is 4.43. The van der Waals surface area contributed by atoms with Crippen molar-refractivity contribution in [3.63, 3.8) is 0 Å². The zero-order valence-electron chi connectivity index (χ0n) is 19.6. The van der Waals surface area contributed by atoms with Crippen LogP contribution in [0.2, 0.25) is 0 Å². The van der Waals surface area contributed by atoms with Gasteiger partial charge in [-0.05, 0) is 31.6 Å². The van der Waals surface area contributed by atoms with E-state index in [1.807, 2.05) is 41.1 Å². The zero-order valence-corrected chi connectivity index (χ0v) is 19.6. The van der Waals surface area contributed by atoms with Crippen molar-refractivity contribution in [3.05, 3.63) is 42.1 Å².